The van der Waals surface area contributed by atoms with E-state index < -0.39 is 17.7 Å². The molecule has 1 heterocycles. The molecule has 2 rings (SSSR count). The van der Waals surface area contributed by atoms with Crippen molar-refractivity contribution in [3.05, 3.63) is 48.4 Å². The molecule has 0 fully saturated rings. The third-order valence-corrected chi connectivity index (χ3v) is 4.61. The Morgan fingerprint density at radius 3 is 2.71 bits per heavy atom. The number of hydrogen-bond donors (Lipinski definition) is 1. The molecule has 1 N–H and O–H groups in total. The van der Waals surface area contributed by atoms with Gasteiger partial charge in [0.2, 0.25) is 0 Å². The zero-order valence-electron chi connectivity index (χ0n) is 10.6. The van der Waals surface area contributed by atoms with Crippen molar-refractivity contribution in [2.75, 3.05) is 12.4 Å². The zero-order valence-corrected chi connectivity index (χ0v) is 14.3. The quantitative estimate of drug-likeness (QED) is 0.576. The van der Waals surface area contributed by atoms with Gasteiger partial charge in [-0.25, -0.2) is 9.18 Å². The van der Waals surface area contributed by atoms with Crippen LogP contribution in [0.15, 0.2) is 24.3 Å². The highest BCUT2D eigenvalue weighted by atomic mass is 127. The number of esters is 1. The van der Waals surface area contributed by atoms with Crippen molar-refractivity contribution in [2.45, 2.75) is 0 Å². The van der Waals surface area contributed by atoms with E-state index in [0.717, 1.165) is 8.95 Å². The first-order chi connectivity index (χ1) is 9.92. The standard InChI is InChI=1S/C13H8ClFINO3S/c1-20-13(19)11-9(5-10(16)21-11)17-12(18)7-3-2-6(14)4-8(7)15/h2-5H,1H3,(H,17,18). The number of benzene rings is 1. The van der Waals surface area contributed by atoms with E-state index in [1.54, 1.807) is 6.07 Å². The number of hydrogen-bond acceptors (Lipinski definition) is 4. The summed E-state index contributed by atoms with van der Waals surface area (Å²) >= 11 is 8.83. The first-order valence-electron chi connectivity index (χ1n) is 5.56. The van der Waals surface area contributed by atoms with Crippen molar-refractivity contribution >= 4 is 63.1 Å². The van der Waals surface area contributed by atoms with Gasteiger partial charge in [0, 0.05) is 5.02 Å². The molecular weight excluding hydrogens is 432 g/mol. The molecule has 1 amide bonds. The number of methoxy groups -OCH3 is 1. The van der Waals surface area contributed by atoms with E-state index in [1.165, 1.54) is 30.6 Å². The van der Waals surface area contributed by atoms with Crippen LogP contribution in [0.25, 0.3) is 0 Å². The molecule has 4 nitrogen and oxygen atoms in total. The number of halogens is 3. The summed E-state index contributed by atoms with van der Waals surface area (Å²) in [7, 11) is 1.25. The van der Waals surface area contributed by atoms with Crippen LogP contribution in [-0.4, -0.2) is 19.0 Å². The van der Waals surface area contributed by atoms with E-state index >= 15 is 0 Å². The van der Waals surface area contributed by atoms with E-state index in [1.807, 2.05) is 22.6 Å². The van der Waals surface area contributed by atoms with Gasteiger partial charge in [0.15, 0.2) is 0 Å². The highest BCUT2D eigenvalue weighted by Crippen LogP contribution is 2.29. The maximum atomic E-state index is 13.7. The largest absolute Gasteiger partial charge is 0.465 e. The fourth-order valence-electron chi connectivity index (χ4n) is 1.56. The van der Waals surface area contributed by atoms with Crippen LogP contribution in [0.3, 0.4) is 0 Å². The van der Waals surface area contributed by atoms with Crippen LogP contribution in [0.5, 0.6) is 0 Å². The molecule has 0 aliphatic carbocycles. The average molecular weight is 440 g/mol. The van der Waals surface area contributed by atoms with Crippen LogP contribution in [0.1, 0.15) is 20.0 Å². The van der Waals surface area contributed by atoms with Crippen LogP contribution >= 0.6 is 45.5 Å². The van der Waals surface area contributed by atoms with Crippen LogP contribution in [0, 0.1) is 8.70 Å². The van der Waals surface area contributed by atoms with Crippen LogP contribution in [-0.2, 0) is 4.74 Å². The number of nitrogens with one attached hydrogen (secondary N) is 1. The molecule has 0 aliphatic rings. The molecule has 0 saturated heterocycles. The Bertz CT molecular complexity index is 719. The molecule has 1 aromatic carbocycles. The van der Waals surface area contributed by atoms with Gasteiger partial charge in [0.1, 0.15) is 10.7 Å². The summed E-state index contributed by atoms with van der Waals surface area (Å²) in [6.45, 7) is 0. The van der Waals surface area contributed by atoms with Crippen molar-refractivity contribution in [1.29, 1.82) is 0 Å². The summed E-state index contributed by atoms with van der Waals surface area (Å²) in [5.74, 6) is -1.96. The molecule has 2 aromatic rings. The number of carbonyl (C=O) groups is 2. The molecule has 0 atom stereocenters. The number of carbonyl (C=O) groups excluding carboxylic acids is 2. The van der Waals surface area contributed by atoms with E-state index in [2.05, 4.69) is 10.1 Å². The van der Waals surface area contributed by atoms with Gasteiger partial charge in [0.25, 0.3) is 5.91 Å². The maximum absolute atomic E-state index is 13.7. The summed E-state index contributed by atoms with van der Waals surface area (Å²) in [5, 5.41) is 2.70. The third kappa shape index (κ3) is 3.72. The first-order valence-corrected chi connectivity index (χ1v) is 7.83. The molecule has 0 spiro atoms. The maximum Gasteiger partial charge on any atom is 0.350 e. The Morgan fingerprint density at radius 2 is 2.10 bits per heavy atom. The molecule has 21 heavy (non-hydrogen) atoms. The van der Waals surface area contributed by atoms with Crippen LogP contribution < -0.4 is 5.32 Å². The summed E-state index contributed by atoms with van der Waals surface area (Å²) in [6.07, 6.45) is 0. The molecule has 0 radical (unpaired) electrons. The fourth-order valence-corrected chi connectivity index (χ4v) is 3.45. The lowest BCUT2D eigenvalue weighted by molar-refractivity contribution is 0.0607. The highest BCUT2D eigenvalue weighted by molar-refractivity contribution is 14.1. The van der Waals surface area contributed by atoms with E-state index in [4.69, 9.17) is 11.6 Å². The molecule has 1 aromatic heterocycles. The van der Waals surface area contributed by atoms with Crippen LogP contribution in [0.4, 0.5) is 10.1 Å². The van der Waals surface area contributed by atoms with Gasteiger partial charge in [-0.1, -0.05) is 11.6 Å². The minimum atomic E-state index is -0.732. The van der Waals surface area contributed by atoms with E-state index in [-0.39, 0.29) is 21.2 Å². The second-order valence-corrected chi connectivity index (χ2v) is 7.25. The van der Waals surface area contributed by atoms with Gasteiger partial charge in [-0.05, 0) is 46.9 Å². The van der Waals surface area contributed by atoms with Gasteiger partial charge >= 0.3 is 5.97 Å². The molecule has 8 heteroatoms. The minimum Gasteiger partial charge on any atom is -0.465 e. The molecule has 0 bridgehead atoms. The Labute approximate surface area is 142 Å². The topological polar surface area (TPSA) is 55.4 Å². The van der Waals surface area contributed by atoms with Crippen molar-refractivity contribution in [3.8, 4) is 0 Å². The summed E-state index contributed by atoms with van der Waals surface area (Å²) in [4.78, 5) is 23.9. The molecule has 0 unspecified atom stereocenters. The highest BCUT2D eigenvalue weighted by Gasteiger charge is 2.20. The van der Waals surface area contributed by atoms with Crippen molar-refractivity contribution in [3.63, 3.8) is 0 Å². The Balaban J connectivity index is 2.29. The van der Waals surface area contributed by atoms with Crippen molar-refractivity contribution < 1.29 is 18.7 Å². The van der Waals surface area contributed by atoms with E-state index in [0.29, 0.717) is 0 Å². The lowest BCUT2D eigenvalue weighted by atomic mass is 10.2. The normalized spacial score (nSPS) is 10.3. The second-order valence-electron chi connectivity index (χ2n) is 3.86. The van der Waals surface area contributed by atoms with Gasteiger partial charge in [-0.15, -0.1) is 11.3 Å². The number of amides is 1. The number of ether oxygens (including phenoxy) is 1. The number of rotatable bonds is 3. The number of thiophene rings is 1. The van der Waals surface area contributed by atoms with Gasteiger partial charge < -0.3 is 10.1 Å². The third-order valence-electron chi connectivity index (χ3n) is 2.50. The summed E-state index contributed by atoms with van der Waals surface area (Å²) in [5.41, 5.74) is 0.132. The SMILES string of the molecule is COC(=O)c1sc(I)cc1NC(=O)c1ccc(Cl)cc1F. The lowest BCUT2D eigenvalue weighted by Gasteiger charge is -2.06. The van der Waals surface area contributed by atoms with Gasteiger partial charge in [0.05, 0.1) is 21.2 Å². The average Bonchev–Trinajstić information content (AvgIpc) is 2.78. The van der Waals surface area contributed by atoms with Gasteiger partial charge in [-0.3, -0.25) is 4.79 Å². The summed E-state index contributed by atoms with van der Waals surface area (Å²) in [6, 6.07) is 5.36. The number of anilines is 1. The second kappa shape index (κ2) is 6.71. The predicted molar refractivity (Wildman–Crippen MR) is 87.7 cm³/mol. The lowest BCUT2D eigenvalue weighted by Crippen LogP contribution is -2.15. The summed E-state index contributed by atoms with van der Waals surface area (Å²) < 4.78 is 19.1. The Kier molecular flexibility index (Phi) is 5.17. The van der Waals surface area contributed by atoms with Gasteiger partial charge in [-0.2, -0.15) is 0 Å². The molecule has 0 aliphatic heterocycles. The zero-order chi connectivity index (χ0) is 15.6. The Morgan fingerprint density at radius 1 is 1.38 bits per heavy atom. The molecular formula is C13H8ClFINO3S. The van der Waals surface area contributed by atoms with Crippen molar-refractivity contribution in [2.24, 2.45) is 0 Å². The van der Waals surface area contributed by atoms with E-state index in [9.17, 15) is 14.0 Å². The Hall–Kier alpha value is -1.19. The molecule has 0 saturated carbocycles. The molecule has 110 valence electrons. The monoisotopic (exact) mass is 439 g/mol. The van der Waals surface area contributed by atoms with Crippen molar-refractivity contribution in [1.82, 2.24) is 0 Å². The van der Waals surface area contributed by atoms with Crippen LogP contribution in [0.2, 0.25) is 5.02 Å². The minimum absolute atomic E-state index is 0.156. The fraction of sp³-hybridized carbons (Fsp3) is 0.0769. The first kappa shape index (κ1) is 16.2. The smallest absolute Gasteiger partial charge is 0.350 e. The predicted octanol–water partition coefficient (Wildman–Crippen LogP) is 4.18.